The maximum absolute atomic E-state index is 13.4. The summed E-state index contributed by atoms with van der Waals surface area (Å²) in [5.74, 6) is 0.728. The fourth-order valence-corrected chi connectivity index (χ4v) is 4.59. The van der Waals surface area contributed by atoms with Crippen molar-refractivity contribution in [2.45, 2.75) is 13.8 Å². The lowest BCUT2D eigenvalue weighted by molar-refractivity contribution is 0.0391. The summed E-state index contributed by atoms with van der Waals surface area (Å²) >= 11 is 1.57. The van der Waals surface area contributed by atoms with Crippen molar-refractivity contribution in [2.75, 3.05) is 50.9 Å². The van der Waals surface area contributed by atoms with Crippen molar-refractivity contribution < 1.29 is 14.3 Å². The molecule has 0 aliphatic carbocycles. The Labute approximate surface area is 181 Å². The zero-order chi connectivity index (χ0) is 20.9. The largest absolute Gasteiger partial charge is 0.494 e. The molecule has 0 saturated carbocycles. The third-order valence-electron chi connectivity index (χ3n) is 5.16. The molecule has 1 amide bonds. The molecular formula is C23H27N3O3S. The molecule has 0 N–H and O–H groups in total. The van der Waals surface area contributed by atoms with Crippen LogP contribution in [0, 0.1) is 6.92 Å². The van der Waals surface area contributed by atoms with Gasteiger partial charge in [0.25, 0.3) is 5.91 Å². The Balaban J connectivity index is 1.60. The van der Waals surface area contributed by atoms with E-state index in [2.05, 4.69) is 24.0 Å². The average Bonchev–Trinajstić information content (AvgIpc) is 3.18. The number of rotatable bonds is 7. The summed E-state index contributed by atoms with van der Waals surface area (Å²) in [6.45, 7) is 9.27. The molecule has 6 nitrogen and oxygen atoms in total. The van der Waals surface area contributed by atoms with E-state index in [1.807, 2.05) is 42.2 Å². The van der Waals surface area contributed by atoms with Gasteiger partial charge in [0.2, 0.25) is 0 Å². The molecule has 2 aromatic carbocycles. The van der Waals surface area contributed by atoms with Crippen LogP contribution in [0.5, 0.6) is 5.75 Å². The number of nitrogens with zero attached hydrogens (tertiary/aromatic N) is 3. The Morgan fingerprint density at radius 3 is 2.70 bits per heavy atom. The van der Waals surface area contributed by atoms with E-state index >= 15 is 0 Å². The topological polar surface area (TPSA) is 54.9 Å². The van der Waals surface area contributed by atoms with Crippen LogP contribution < -0.4 is 9.64 Å². The molecule has 1 saturated heterocycles. The number of morpholine rings is 1. The Hall–Kier alpha value is -2.48. The van der Waals surface area contributed by atoms with Crippen LogP contribution in [0.15, 0.2) is 42.5 Å². The van der Waals surface area contributed by atoms with Crippen LogP contribution in [-0.2, 0) is 4.74 Å². The molecule has 1 aliphatic heterocycles. The van der Waals surface area contributed by atoms with Crippen LogP contribution in [-0.4, -0.2) is 61.8 Å². The molecule has 0 spiro atoms. The molecule has 30 heavy (non-hydrogen) atoms. The van der Waals surface area contributed by atoms with E-state index in [4.69, 9.17) is 14.5 Å². The van der Waals surface area contributed by atoms with Gasteiger partial charge < -0.3 is 9.47 Å². The SMILES string of the molecule is CCOc1ccc(C(=O)N(CCN2CCOCC2)c2nc3ccc(C)cc3s2)cc1. The quantitative estimate of drug-likeness (QED) is 0.573. The maximum Gasteiger partial charge on any atom is 0.260 e. The number of aryl methyl sites for hydroxylation is 1. The molecule has 0 bridgehead atoms. The van der Waals surface area contributed by atoms with Gasteiger partial charge in [0.1, 0.15) is 5.75 Å². The van der Waals surface area contributed by atoms with E-state index in [0.29, 0.717) is 18.7 Å². The first-order chi connectivity index (χ1) is 14.6. The summed E-state index contributed by atoms with van der Waals surface area (Å²) < 4.78 is 12.1. The van der Waals surface area contributed by atoms with Crippen LogP contribution >= 0.6 is 11.3 Å². The average molecular weight is 426 g/mol. The lowest BCUT2D eigenvalue weighted by atomic mass is 10.2. The molecule has 0 radical (unpaired) electrons. The number of carbonyl (C=O) groups excluding carboxylic acids is 1. The van der Waals surface area contributed by atoms with Gasteiger partial charge in [-0.1, -0.05) is 17.4 Å². The van der Waals surface area contributed by atoms with E-state index < -0.39 is 0 Å². The van der Waals surface area contributed by atoms with Crippen molar-refractivity contribution in [1.82, 2.24) is 9.88 Å². The first-order valence-corrected chi connectivity index (χ1v) is 11.2. The molecule has 158 valence electrons. The minimum absolute atomic E-state index is 0.0397. The second-order valence-electron chi connectivity index (χ2n) is 7.34. The smallest absolute Gasteiger partial charge is 0.260 e. The molecule has 4 rings (SSSR count). The minimum atomic E-state index is -0.0397. The second-order valence-corrected chi connectivity index (χ2v) is 8.34. The van der Waals surface area contributed by atoms with Crippen LogP contribution in [0.25, 0.3) is 10.2 Å². The summed E-state index contributed by atoms with van der Waals surface area (Å²) in [5, 5.41) is 0.739. The van der Waals surface area contributed by atoms with E-state index in [0.717, 1.165) is 53.9 Å². The van der Waals surface area contributed by atoms with Crippen LogP contribution in [0.3, 0.4) is 0 Å². The molecule has 2 heterocycles. The maximum atomic E-state index is 13.4. The molecule has 1 fully saturated rings. The first kappa shape index (κ1) is 20.8. The zero-order valence-corrected chi connectivity index (χ0v) is 18.3. The predicted octanol–water partition coefficient (Wildman–Crippen LogP) is 3.98. The highest BCUT2D eigenvalue weighted by Crippen LogP contribution is 2.30. The molecule has 3 aromatic rings. The van der Waals surface area contributed by atoms with Gasteiger partial charge in [0, 0.05) is 31.7 Å². The first-order valence-electron chi connectivity index (χ1n) is 10.4. The van der Waals surface area contributed by atoms with Crippen molar-refractivity contribution >= 4 is 32.6 Å². The number of benzene rings is 2. The second kappa shape index (κ2) is 9.55. The highest BCUT2D eigenvalue weighted by Gasteiger charge is 2.23. The van der Waals surface area contributed by atoms with Gasteiger partial charge in [-0.25, -0.2) is 4.98 Å². The van der Waals surface area contributed by atoms with Gasteiger partial charge in [0.15, 0.2) is 5.13 Å². The Morgan fingerprint density at radius 1 is 1.20 bits per heavy atom. The number of thiazole rings is 1. The van der Waals surface area contributed by atoms with Crippen molar-refractivity contribution in [3.63, 3.8) is 0 Å². The summed E-state index contributed by atoms with van der Waals surface area (Å²) in [5.41, 5.74) is 2.75. The van der Waals surface area contributed by atoms with E-state index in [1.54, 1.807) is 11.3 Å². The predicted molar refractivity (Wildman–Crippen MR) is 121 cm³/mol. The van der Waals surface area contributed by atoms with Crippen molar-refractivity contribution in [3.8, 4) is 5.75 Å². The van der Waals surface area contributed by atoms with Gasteiger partial charge >= 0.3 is 0 Å². The fraction of sp³-hybridized carbons (Fsp3) is 0.391. The Morgan fingerprint density at radius 2 is 1.97 bits per heavy atom. The number of hydrogen-bond acceptors (Lipinski definition) is 6. The Kier molecular flexibility index (Phi) is 6.62. The molecule has 1 aliphatic rings. The molecule has 0 unspecified atom stereocenters. The summed E-state index contributed by atoms with van der Waals surface area (Å²) in [4.78, 5) is 22.4. The van der Waals surface area contributed by atoms with E-state index in [9.17, 15) is 4.79 Å². The highest BCUT2D eigenvalue weighted by atomic mass is 32.1. The van der Waals surface area contributed by atoms with Crippen LogP contribution in [0.1, 0.15) is 22.8 Å². The molecular weight excluding hydrogens is 398 g/mol. The van der Waals surface area contributed by atoms with Crippen LogP contribution in [0.4, 0.5) is 5.13 Å². The van der Waals surface area contributed by atoms with Gasteiger partial charge in [-0.2, -0.15) is 0 Å². The summed E-state index contributed by atoms with van der Waals surface area (Å²) in [7, 11) is 0. The standard InChI is InChI=1S/C23H27N3O3S/c1-3-29-19-7-5-18(6-8-19)22(27)26(11-10-25-12-14-28-15-13-25)23-24-20-9-4-17(2)16-21(20)30-23/h4-9,16H,3,10-15H2,1-2H3. The third kappa shape index (κ3) is 4.80. The third-order valence-corrected chi connectivity index (χ3v) is 6.21. The van der Waals surface area contributed by atoms with Gasteiger partial charge in [0.05, 0.1) is 30.0 Å². The number of carbonyl (C=O) groups is 1. The number of amides is 1. The van der Waals surface area contributed by atoms with Gasteiger partial charge in [-0.3, -0.25) is 14.6 Å². The number of ether oxygens (including phenoxy) is 2. The highest BCUT2D eigenvalue weighted by molar-refractivity contribution is 7.22. The number of anilines is 1. The molecule has 1 aromatic heterocycles. The number of fused-ring (bicyclic) bond motifs is 1. The minimum Gasteiger partial charge on any atom is -0.494 e. The molecule has 7 heteroatoms. The van der Waals surface area contributed by atoms with E-state index in [1.165, 1.54) is 5.56 Å². The summed E-state index contributed by atoms with van der Waals surface area (Å²) in [6, 6.07) is 13.5. The zero-order valence-electron chi connectivity index (χ0n) is 17.5. The number of aromatic nitrogens is 1. The Bertz CT molecular complexity index is 997. The number of hydrogen-bond donors (Lipinski definition) is 0. The molecule has 0 atom stereocenters. The van der Waals surface area contributed by atoms with Crippen molar-refractivity contribution in [3.05, 3.63) is 53.6 Å². The normalized spacial score (nSPS) is 14.7. The van der Waals surface area contributed by atoms with Crippen molar-refractivity contribution in [1.29, 1.82) is 0 Å². The van der Waals surface area contributed by atoms with E-state index in [-0.39, 0.29) is 5.91 Å². The summed E-state index contributed by atoms with van der Waals surface area (Å²) in [6.07, 6.45) is 0. The lowest BCUT2D eigenvalue weighted by Crippen LogP contribution is -2.43. The van der Waals surface area contributed by atoms with Crippen molar-refractivity contribution in [2.24, 2.45) is 0 Å². The fourth-order valence-electron chi connectivity index (χ4n) is 3.50. The monoisotopic (exact) mass is 425 g/mol. The van der Waals surface area contributed by atoms with Crippen LogP contribution in [0.2, 0.25) is 0 Å². The van der Waals surface area contributed by atoms with Gasteiger partial charge in [-0.05, 0) is 55.8 Å². The van der Waals surface area contributed by atoms with Gasteiger partial charge in [-0.15, -0.1) is 0 Å². The lowest BCUT2D eigenvalue weighted by Gasteiger charge is -2.29.